The molecule has 0 saturated carbocycles. The van der Waals surface area contributed by atoms with Gasteiger partial charge in [0, 0.05) is 24.9 Å². The van der Waals surface area contributed by atoms with E-state index in [4.69, 9.17) is 10.5 Å². The Morgan fingerprint density at radius 3 is 2.39 bits per heavy atom. The summed E-state index contributed by atoms with van der Waals surface area (Å²) in [6.07, 6.45) is 0. The monoisotopic (exact) mass is 250 g/mol. The van der Waals surface area contributed by atoms with Crippen molar-refractivity contribution in [2.24, 2.45) is 5.73 Å². The number of anilines is 1. The molecule has 1 amide bonds. The third-order valence-corrected chi connectivity index (χ3v) is 2.66. The number of carbonyl (C=O) groups is 1. The van der Waals surface area contributed by atoms with Gasteiger partial charge in [-0.25, -0.2) is 0 Å². The first-order valence-corrected chi connectivity index (χ1v) is 6.29. The van der Waals surface area contributed by atoms with Crippen LogP contribution in [0.25, 0.3) is 0 Å². The predicted molar refractivity (Wildman–Crippen MR) is 73.4 cm³/mol. The summed E-state index contributed by atoms with van der Waals surface area (Å²) in [5.41, 5.74) is 7.50. The van der Waals surface area contributed by atoms with E-state index < -0.39 is 0 Å². The summed E-state index contributed by atoms with van der Waals surface area (Å²) < 4.78 is 5.18. The van der Waals surface area contributed by atoms with Crippen molar-refractivity contribution in [2.45, 2.75) is 33.4 Å². The van der Waals surface area contributed by atoms with Gasteiger partial charge in [-0.05, 0) is 38.5 Å². The highest BCUT2D eigenvalue weighted by Gasteiger charge is 2.18. The van der Waals surface area contributed by atoms with Crippen LogP contribution >= 0.6 is 0 Å². The molecule has 0 saturated heterocycles. The lowest BCUT2D eigenvalue weighted by molar-refractivity contribution is -0.123. The van der Waals surface area contributed by atoms with E-state index in [1.165, 1.54) is 0 Å². The summed E-state index contributed by atoms with van der Waals surface area (Å²) in [5.74, 6) is -0.0210. The van der Waals surface area contributed by atoms with Crippen molar-refractivity contribution in [3.05, 3.63) is 29.8 Å². The molecule has 1 rings (SSSR count). The van der Waals surface area contributed by atoms with Crippen LogP contribution in [0.1, 0.15) is 26.3 Å². The molecule has 0 bridgehead atoms. The Labute approximate surface area is 109 Å². The Morgan fingerprint density at radius 2 is 1.94 bits per heavy atom. The molecule has 0 unspecified atom stereocenters. The molecule has 0 aliphatic heterocycles. The van der Waals surface area contributed by atoms with Crippen molar-refractivity contribution in [2.75, 3.05) is 18.1 Å². The van der Waals surface area contributed by atoms with Crippen molar-refractivity contribution in [3.8, 4) is 0 Å². The van der Waals surface area contributed by atoms with Gasteiger partial charge in [-0.15, -0.1) is 0 Å². The SMILES string of the molecule is CCOCC(=O)N(c1ccc(CN)cc1)C(C)C. The van der Waals surface area contributed by atoms with Gasteiger partial charge >= 0.3 is 0 Å². The number of nitrogens with zero attached hydrogens (tertiary/aromatic N) is 1. The van der Waals surface area contributed by atoms with E-state index in [0.29, 0.717) is 13.2 Å². The molecule has 0 spiro atoms. The lowest BCUT2D eigenvalue weighted by atomic mass is 10.1. The Balaban J connectivity index is 2.86. The zero-order chi connectivity index (χ0) is 13.5. The molecule has 2 N–H and O–H groups in total. The van der Waals surface area contributed by atoms with Crippen LogP contribution in [-0.2, 0) is 16.1 Å². The summed E-state index contributed by atoms with van der Waals surface area (Å²) in [4.78, 5) is 13.8. The Kier molecular flexibility index (Phi) is 5.82. The standard InChI is InChI=1S/C14H22N2O2/c1-4-18-10-14(17)16(11(2)3)13-7-5-12(9-15)6-8-13/h5-8,11H,4,9-10,15H2,1-3H3. The largest absolute Gasteiger partial charge is 0.372 e. The van der Waals surface area contributed by atoms with Gasteiger partial charge in [-0.1, -0.05) is 12.1 Å². The molecule has 0 atom stereocenters. The fraction of sp³-hybridized carbons (Fsp3) is 0.500. The fourth-order valence-electron chi connectivity index (χ4n) is 1.78. The molecule has 0 aliphatic carbocycles. The number of ether oxygens (including phenoxy) is 1. The van der Waals surface area contributed by atoms with Crippen LogP contribution in [0.4, 0.5) is 5.69 Å². The number of nitrogens with two attached hydrogens (primary N) is 1. The van der Waals surface area contributed by atoms with Crippen molar-refractivity contribution in [1.82, 2.24) is 0 Å². The first-order chi connectivity index (χ1) is 8.60. The molecule has 0 heterocycles. The topological polar surface area (TPSA) is 55.6 Å². The molecule has 4 nitrogen and oxygen atoms in total. The summed E-state index contributed by atoms with van der Waals surface area (Å²) >= 11 is 0. The fourth-order valence-corrected chi connectivity index (χ4v) is 1.78. The molecular formula is C14H22N2O2. The summed E-state index contributed by atoms with van der Waals surface area (Å²) in [6, 6.07) is 7.83. The Hall–Kier alpha value is -1.39. The molecule has 4 heteroatoms. The van der Waals surface area contributed by atoms with Gasteiger partial charge in [0.15, 0.2) is 0 Å². The molecule has 0 aromatic heterocycles. The highest BCUT2D eigenvalue weighted by molar-refractivity contribution is 5.94. The quantitative estimate of drug-likeness (QED) is 0.839. The van der Waals surface area contributed by atoms with E-state index in [-0.39, 0.29) is 18.6 Å². The molecule has 1 aromatic carbocycles. The third-order valence-electron chi connectivity index (χ3n) is 2.66. The lowest BCUT2D eigenvalue weighted by Gasteiger charge is -2.27. The number of amides is 1. The van der Waals surface area contributed by atoms with Gasteiger partial charge in [0.25, 0.3) is 5.91 Å². The van der Waals surface area contributed by atoms with Crippen LogP contribution in [0.5, 0.6) is 0 Å². The first kappa shape index (κ1) is 14.7. The van der Waals surface area contributed by atoms with Crippen LogP contribution in [0, 0.1) is 0 Å². The van der Waals surface area contributed by atoms with Crippen molar-refractivity contribution in [3.63, 3.8) is 0 Å². The van der Waals surface area contributed by atoms with Gasteiger partial charge in [0.05, 0.1) is 0 Å². The van der Waals surface area contributed by atoms with Crippen LogP contribution in [-0.4, -0.2) is 25.2 Å². The second kappa shape index (κ2) is 7.13. The van der Waals surface area contributed by atoms with Gasteiger partial charge in [0.2, 0.25) is 0 Å². The Bertz CT molecular complexity index is 374. The van der Waals surface area contributed by atoms with Crippen molar-refractivity contribution in [1.29, 1.82) is 0 Å². The minimum Gasteiger partial charge on any atom is -0.372 e. The number of rotatable bonds is 6. The van der Waals surface area contributed by atoms with Gasteiger partial charge in [-0.2, -0.15) is 0 Å². The molecule has 100 valence electrons. The third kappa shape index (κ3) is 3.82. The zero-order valence-electron chi connectivity index (χ0n) is 11.3. The van der Waals surface area contributed by atoms with E-state index >= 15 is 0 Å². The van der Waals surface area contributed by atoms with E-state index in [0.717, 1.165) is 11.3 Å². The first-order valence-electron chi connectivity index (χ1n) is 6.29. The average Bonchev–Trinajstić information content (AvgIpc) is 2.37. The van der Waals surface area contributed by atoms with E-state index in [1.54, 1.807) is 4.90 Å². The van der Waals surface area contributed by atoms with Crippen molar-refractivity contribution < 1.29 is 9.53 Å². The molecule has 18 heavy (non-hydrogen) atoms. The Morgan fingerprint density at radius 1 is 1.33 bits per heavy atom. The highest BCUT2D eigenvalue weighted by atomic mass is 16.5. The number of hydrogen-bond donors (Lipinski definition) is 1. The summed E-state index contributed by atoms with van der Waals surface area (Å²) in [5, 5.41) is 0. The van der Waals surface area contributed by atoms with Gasteiger partial charge in [0.1, 0.15) is 6.61 Å². The van der Waals surface area contributed by atoms with Gasteiger partial charge in [-0.3, -0.25) is 4.79 Å². The second-order valence-electron chi connectivity index (χ2n) is 4.37. The van der Waals surface area contributed by atoms with Gasteiger partial charge < -0.3 is 15.4 Å². The number of carbonyl (C=O) groups excluding carboxylic acids is 1. The smallest absolute Gasteiger partial charge is 0.253 e. The zero-order valence-corrected chi connectivity index (χ0v) is 11.3. The van der Waals surface area contributed by atoms with E-state index in [9.17, 15) is 4.79 Å². The summed E-state index contributed by atoms with van der Waals surface area (Å²) in [6.45, 7) is 7.02. The summed E-state index contributed by atoms with van der Waals surface area (Å²) in [7, 11) is 0. The molecule has 1 aromatic rings. The molecule has 0 radical (unpaired) electrons. The van der Waals surface area contributed by atoms with Crippen LogP contribution in [0.3, 0.4) is 0 Å². The maximum absolute atomic E-state index is 12.1. The van der Waals surface area contributed by atoms with Crippen LogP contribution in [0.15, 0.2) is 24.3 Å². The second-order valence-corrected chi connectivity index (χ2v) is 4.37. The molecule has 0 aliphatic rings. The maximum atomic E-state index is 12.1. The molecular weight excluding hydrogens is 228 g/mol. The van der Waals surface area contributed by atoms with Crippen LogP contribution in [0.2, 0.25) is 0 Å². The van der Waals surface area contributed by atoms with E-state index in [1.807, 2.05) is 45.0 Å². The highest BCUT2D eigenvalue weighted by Crippen LogP contribution is 2.18. The maximum Gasteiger partial charge on any atom is 0.253 e. The lowest BCUT2D eigenvalue weighted by Crippen LogP contribution is -2.39. The van der Waals surface area contributed by atoms with Crippen LogP contribution < -0.4 is 10.6 Å². The minimum atomic E-state index is -0.0210. The molecule has 0 fully saturated rings. The minimum absolute atomic E-state index is 0.0210. The number of hydrogen-bond acceptors (Lipinski definition) is 3. The van der Waals surface area contributed by atoms with E-state index in [2.05, 4.69) is 0 Å². The predicted octanol–water partition coefficient (Wildman–Crippen LogP) is 1.92. The van der Waals surface area contributed by atoms with Crippen molar-refractivity contribution >= 4 is 11.6 Å². The normalized spacial score (nSPS) is 10.7. The average molecular weight is 250 g/mol. The number of benzene rings is 1.